The fourth-order valence-electron chi connectivity index (χ4n) is 3.17. The number of halogens is 1. The van der Waals surface area contributed by atoms with Crippen molar-refractivity contribution in [2.45, 2.75) is 52.1 Å². The highest BCUT2D eigenvalue weighted by Crippen LogP contribution is 2.25. The van der Waals surface area contributed by atoms with Crippen LogP contribution in [0.3, 0.4) is 0 Å². The molecule has 1 fully saturated rings. The summed E-state index contributed by atoms with van der Waals surface area (Å²) < 4.78 is 1.20. The first-order valence-electron chi connectivity index (χ1n) is 7.92. The minimum Gasteiger partial charge on any atom is -0.326 e. The number of likely N-dealkylation sites (tertiary alicyclic amines) is 1. The molecule has 3 heteroatoms. The number of benzene rings is 1. The maximum absolute atomic E-state index is 5.69. The monoisotopic (exact) mass is 338 g/mol. The second-order valence-electron chi connectivity index (χ2n) is 5.99. The van der Waals surface area contributed by atoms with E-state index in [2.05, 4.69) is 46.0 Å². The predicted octanol–water partition coefficient (Wildman–Crippen LogP) is 4.31. The topological polar surface area (TPSA) is 29.3 Å². The molecular formula is C17H27BrN2. The summed E-state index contributed by atoms with van der Waals surface area (Å²) in [6.07, 6.45) is 6.87. The number of rotatable bonds is 5. The van der Waals surface area contributed by atoms with Gasteiger partial charge in [0.1, 0.15) is 0 Å². The van der Waals surface area contributed by atoms with Crippen molar-refractivity contribution in [3.63, 3.8) is 0 Å². The van der Waals surface area contributed by atoms with E-state index in [0.717, 1.165) is 12.5 Å². The van der Waals surface area contributed by atoms with Crippen LogP contribution in [-0.2, 0) is 13.1 Å². The minimum atomic E-state index is 0.612. The summed E-state index contributed by atoms with van der Waals surface area (Å²) in [6, 6.07) is 6.53. The van der Waals surface area contributed by atoms with Gasteiger partial charge in [0, 0.05) is 17.6 Å². The van der Waals surface area contributed by atoms with Gasteiger partial charge in [0.15, 0.2) is 0 Å². The molecule has 1 aromatic carbocycles. The van der Waals surface area contributed by atoms with E-state index in [1.165, 1.54) is 60.8 Å². The van der Waals surface area contributed by atoms with E-state index in [9.17, 15) is 0 Å². The van der Waals surface area contributed by atoms with Crippen LogP contribution in [-0.4, -0.2) is 18.0 Å². The Labute approximate surface area is 131 Å². The smallest absolute Gasteiger partial charge is 0.0244 e. The molecule has 112 valence electrons. The normalized spacial score (nSPS) is 20.9. The van der Waals surface area contributed by atoms with E-state index in [-0.39, 0.29) is 0 Å². The summed E-state index contributed by atoms with van der Waals surface area (Å²) in [5, 5.41) is 0. The summed E-state index contributed by atoms with van der Waals surface area (Å²) in [4.78, 5) is 2.61. The first kappa shape index (κ1) is 16.0. The van der Waals surface area contributed by atoms with Gasteiger partial charge in [0.05, 0.1) is 0 Å². The van der Waals surface area contributed by atoms with Crippen LogP contribution in [0.25, 0.3) is 0 Å². The van der Waals surface area contributed by atoms with E-state index in [1.807, 2.05) is 0 Å². The van der Waals surface area contributed by atoms with Crippen LogP contribution in [0.15, 0.2) is 22.7 Å². The van der Waals surface area contributed by atoms with Crippen molar-refractivity contribution in [3.05, 3.63) is 33.8 Å². The van der Waals surface area contributed by atoms with Gasteiger partial charge < -0.3 is 5.73 Å². The van der Waals surface area contributed by atoms with E-state index >= 15 is 0 Å². The van der Waals surface area contributed by atoms with Crippen molar-refractivity contribution in [1.29, 1.82) is 0 Å². The van der Waals surface area contributed by atoms with Crippen LogP contribution in [0.1, 0.15) is 50.2 Å². The molecule has 0 spiro atoms. The molecule has 0 aliphatic carbocycles. The summed E-state index contributed by atoms with van der Waals surface area (Å²) in [6.45, 7) is 6.46. The molecule has 1 atom stereocenters. The zero-order chi connectivity index (χ0) is 14.4. The van der Waals surface area contributed by atoms with Crippen molar-refractivity contribution in [3.8, 4) is 0 Å². The Morgan fingerprint density at radius 3 is 2.85 bits per heavy atom. The molecule has 0 bridgehead atoms. The Balaban J connectivity index is 1.93. The molecule has 2 N–H and O–H groups in total. The molecule has 0 radical (unpaired) electrons. The Bertz CT molecular complexity index is 419. The van der Waals surface area contributed by atoms with E-state index in [1.54, 1.807) is 0 Å². The molecular weight excluding hydrogens is 312 g/mol. The summed E-state index contributed by atoms with van der Waals surface area (Å²) >= 11 is 3.69. The van der Waals surface area contributed by atoms with Gasteiger partial charge in [-0.15, -0.1) is 0 Å². The van der Waals surface area contributed by atoms with Crippen LogP contribution >= 0.6 is 15.9 Å². The highest BCUT2D eigenvalue weighted by atomic mass is 79.9. The molecule has 0 saturated carbocycles. The van der Waals surface area contributed by atoms with Crippen LogP contribution < -0.4 is 5.73 Å². The SMILES string of the molecule is CCCC1CCCN(Cc2ccc(CN)cc2Br)CC1. The zero-order valence-corrected chi connectivity index (χ0v) is 14.2. The van der Waals surface area contributed by atoms with E-state index < -0.39 is 0 Å². The lowest BCUT2D eigenvalue weighted by atomic mass is 9.96. The fourth-order valence-corrected chi connectivity index (χ4v) is 3.72. The standard InChI is InChI=1S/C17H27BrN2/c1-2-4-14-5-3-9-20(10-8-14)13-16-7-6-15(12-19)11-17(16)18/h6-7,11,14H,2-5,8-10,12-13,19H2,1H3. The molecule has 1 aromatic rings. The van der Waals surface area contributed by atoms with Gasteiger partial charge in [-0.2, -0.15) is 0 Å². The van der Waals surface area contributed by atoms with Gasteiger partial charge in [-0.3, -0.25) is 4.90 Å². The van der Waals surface area contributed by atoms with Gasteiger partial charge in [0.25, 0.3) is 0 Å². The minimum absolute atomic E-state index is 0.612. The summed E-state index contributed by atoms with van der Waals surface area (Å²) in [5.41, 5.74) is 8.27. The lowest BCUT2D eigenvalue weighted by Gasteiger charge is -2.21. The Morgan fingerprint density at radius 2 is 2.15 bits per heavy atom. The average Bonchev–Trinajstić information content (AvgIpc) is 2.67. The lowest BCUT2D eigenvalue weighted by Crippen LogP contribution is -2.24. The van der Waals surface area contributed by atoms with Crippen LogP contribution in [0.4, 0.5) is 0 Å². The van der Waals surface area contributed by atoms with Crippen LogP contribution in [0, 0.1) is 5.92 Å². The van der Waals surface area contributed by atoms with E-state index in [0.29, 0.717) is 6.54 Å². The third-order valence-corrected chi connectivity index (χ3v) is 5.12. The van der Waals surface area contributed by atoms with Gasteiger partial charge in [-0.1, -0.05) is 47.8 Å². The maximum atomic E-state index is 5.69. The largest absolute Gasteiger partial charge is 0.326 e. The Kier molecular flexibility index (Phi) is 6.53. The number of hydrogen-bond acceptors (Lipinski definition) is 2. The first-order valence-corrected chi connectivity index (χ1v) is 8.72. The zero-order valence-electron chi connectivity index (χ0n) is 12.6. The lowest BCUT2D eigenvalue weighted by molar-refractivity contribution is 0.271. The molecule has 1 aliphatic rings. The average molecular weight is 339 g/mol. The first-order chi connectivity index (χ1) is 9.72. The second-order valence-corrected chi connectivity index (χ2v) is 6.85. The molecule has 1 saturated heterocycles. The summed E-state index contributed by atoms with van der Waals surface area (Å²) in [7, 11) is 0. The molecule has 0 aromatic heterocycles. The Hall–Kier alpha value is -0.380. The molecule has 20 heavy (non-hydrogen) atoms. The number of nitrogens with two attached hydrogens (primary N) is 1. The summed E-state index contributed by atoms with van der Waals surface area (Å²) in [5.74, 6) is 0.952. The third kappa shape index (κ3) is 4.57. The van der Waals surface area contributed by atoms with Crippen molar-refractivity contribution in [2.75, 3.05) is 13.1 Å². The molecule has 1 aliphatic heterocycles. The van der Waals surface area contributed by atoms with Gasteiger partial charge in [-0.05, 0) is 55.5 Å². The van der Waals surface area contributed by atoms with Gasteiger partial charge >= 0.3 is 0 Å². The van der Waals surface area contributed by atoms with E-state index in [4.69, 9.17) is 5.73 Å². The van der Waals surface area contributed by atoms with Gasteiger partial charge in [-0.25, -0.2) is 0 Å². The highest BCUT2D eigenvalue weighted by Gasteiger charge is 2.17. The fraction of sp³-hybridized carbons (Fsp3) is 0.647. The molecule has 2 rings (SSSR count). The maximum Gasteiger partial charge on any atom is 0.0244 e. The molecule has 1 unspecified atom stereocenters. The quantitative estimate of drug-likeness (QED) is 0.866. The van der Waals surface area contributed by atoms with Gasteiger partial charge in [0.2, 0.25) is 0 Å². The van der Waals surface area contributed by atoms with Crippen molar-refractivity contribution in [2.24, 2.45) is 11.7 Å². The molecule has 0 amide bonds. The number of nitrogens with zero attached hydrogens (tertiary/aromatic N) is 1. The van der Waals surface area contributed by atoms with Crippen molar-refractivity contribution < 1.29 is 0 Å². The molecule has 1 heterocycles. The van der Waals surface area contributed by atoms with Crippen LogP contribution in [0.5, 0.6) is 0 Å². The number of hydrogen-bond donors (Lipinski definition) is 1. The van der Waals surface area contributed by atoms with Crippen LogP contribution in [0.2, 0.25) is 0 Å². The highest BCUT2D eigenvalue weighted by molar-refractivity contribution is 9.10. The van der Waals surface area contributed by atoms with Crippen molar-refractivity contribution >= 4 is 15.9 Å². The molecule has 2 nitrogen and oxygen atoms in total. The van der Waals surface area contributed by atoms with Crippen molar-refractivity contribution in [1.82, 2.24) is 4.90 Å². The predicted molar refractivity (Wildman–Crippen MR) is 89.6 cm³/mol. The third-order valence-electron chi connectivity index (χ3n) is 4.38. The Morgan fingerprint density at radius 1 is 1.30 bits per heavy atom. The second kappa shape index (κ2) is 8.16.